The first-order valence-corrected chi connectivity index (χ1v) is 7.11. The third kappa shape index (κ3) is 3.07. The normalized spacial score (nSPS) is 12.6. The molecule has 114 valence electrons. The van der Waals surface area contributed by atoms with Gasteiger partial charge in [-0.25, -0.2) is 4.79 Å². The summed E-state index contributed by atoms with van der Waals surface area (Å²) in [4.78, 5) is 19.6. The first-order valence-electron chi connectivity index (χ1n) is 6.71. The van der Waals surface area contributed by atoms with Gasteiger partial charge in [-0.05, 0) is 30.6 Å². The number of hydrogen-bond acceptors (Lipinski definition) is 5. The monoisotopic (exact) mass is 309 g/mol. The van der Waals surface area contributed by atoms with Gasteiger partial charge >= 0.3 is 5.97 Å². The summed E-state index contributed by atoms with van der Waals surface area (Å²) in [5, 5.41) is 0. The maximum Gasteiger partial charge on any atom is 0.329 e. The predicted molar refractivity (Wildman–Crippen MR) is 82.0 cm³/mol. The number of esters is 1. The largest absolute Gasteiger partial charge is 0.481 e. The average molecular weight is 309 g/mol. The number of pyridine rings is 1. The lowest BCUT2D eigenvalue weighted by Crippen LogP contribution is -2.23. The molecule has 0 radical (unpaired) electrons. The Morgan fingerprint density at radius 3 is 2.71 bits per heavy atom. The number of fused-ring (bicyclic) bond motifs is 1. The van der Waals surface area contributed by atoms with Gasteiger partial charge in [0.05, 0.1) is 19.7 Å². The van der Waals surface area contributed by atoms with Crippen LogP contribution in [-0.2, 0) is 9.53 Å². The van der Waals surface area contributed by atoms with E-state index in [1.165, 1.54) is 7.11 Å². The van der Waals surface area contributed by atoms with Crippen LogP contribution >= 0.6 is 12.2 Å². The molecule has 0 bridgehead atoms. The second kappa shape index (κ2) is 6.26. The molecule has 0 saturated heterocycles. The van der Waals surface area contributed by atoms with E-state index in [2.05, 4.69) is 9.97 Å². The van der Waals surface area contributed by atoms with E-state index in [-0.39, 0.29) is 5.97 Å². The fourth-order valence-electron chi connectivity index (χ4n) is 2.28. The molecule has 1 atom stereocenters. The zero-order chi connectivity index (χ0) is 15.6. The van der Waals surface area contributed by atoms with E-state index in [1.807, 2.05) is 19.9 Å². The molecule has 7 heteroatoms. The van der Waals surface area contributed by atoms with Gasteiger partial charge < -0.3 is 14.5 Å². The molecule has 21 heavy (non-hydrogen) atoms. The number of hydrogen-bond donors (Lipinski definition) is 1. The highest BCUT2D eigenvalue weighted by Crippen LogP contribution is 2.25. The van der Waals surface area contributed by atoms with E-state index in [0.29, 0.717) is 28.6 Å². The van der Waals surface area contributed by atoms with Gasteiger partial charge in [-0.2, -0.15) is 4.98 Å². The lowest BCUT2D eigenvalue weighted by Gasteiger charge is -2.18. The number of carbonyl (C=O) groups excluding carboxylic acids is 1. The lowest BCUT2D eigenvalue weighted by atomic mass is 10.0. The van der Waals surface area contributed by atoms with Crippen LogP contribution in [0.15, 0.2) is 12.1 Å². The molecule has 0 aromatic carbocycles. The molecular weight excluding hydrogens is 290 g/mol. The third-order valence-corrected chi connectivity index (χ3v) is 3.53. The van der Waals surface area contributed by atoms with Crippen LogP contribution in [0.1, 0.15) is 26.3 Å². The summed E-state index contributed by atoms with van der Waals surface area (Å²) in [6, 6.07) is 3.07. The highest BCUT2D eigenvalue weighted by atomic mass is 32.1. The molecule has 2 heterocycles. The van der Waals surface area contributed by atoms with Gasteiger partial charge in [0.25, 0.3) is 0 Å². The molecular formula is C14H19N3O3S. The van der Waals surface area contributed by atoms with Crippen LogP contribution in [0, 0.1) is 10.7 Å². The van der Waals surface area contributed by atoms with Crippen molar-refractivity contribution in [3.63, 3.8) is 0 Å². The highest BCUT2D eigenvalue weighted by Gasteiger charge is 2.26. The van der Waals surface area contributed by atoms with Crippen LogP contribution in [0.4, 0.5) is 0 Å². The van der Waals surface area contributed by atoms with Crippen molar-refractivity contribution < 1.29 is 14.3 Å². The lowest BCUT2D eigenvalue weighted by molar-refractivity contribution is -0.145. The predicted octanol–water partition coefficient (Wildman–Crippen LogP) is 2.86. The first-order chi connectivity index (χ1) is 9.97. The molecule has 0 aliphatic heterocycles. The van der Waals surface area contributed by atoms with Gasteiger partial charge in [-0.1, -0.05) is 13.8 Å². The summed E-state index contributed by atoms with van der Waals surface area (Å²) in [6.07, 6.45) is 0.618. The number of carbonyl (C=O) groups is 1. The number of rotatable bonds is 5. The van der Waals surface area contributed by atoms with E-state index in [9.17, 15) is 4.79 Å². The van der Waals surface area contributed by atoms with Crippen molar-refractivity contribution in [3.8, 4) is 5.88 Å². The number of aromatic nitrogens is 3. The summed E-state index contributed by atoms with van der Waals surface area (Å²) in [6.45, 7) is 4.09. The average Bonchev–Trinajstić information content (AvgIpc) is 2.78. The van der Waals surface area contributed by atoms with Crippen molar-refractivity contribution in [1.29, 1.82) is 0 Å². The van der Waals surface area contributed by atoms with Crippen LogP contribution in [-0.4, -0.2) is 34.7 Å². The van der Waals surface area contributed by atoms with Crippen LogP contribution < -0.4 is 4.74 Å². The van der Waals surface area contributed by atoms with E-state index in [1.54, 1.807) is 17.7 Å². The highest BCUT2D eigenvalue weighted by molar-refractivity contribution is 7.71. The Morgan fingerprint density at radius 2 is 2.14 bits per heavy atom. The fraction of sp³-hybridized carbons (Fsp3) is 0.500. The van der Waals surface area contributed by atoms with E-state index >= 15 is 0 Å². The molecule has 2 aromatic rings. The minimum Gasteiger partial charge on any atom is -0.481 e. The number of ether oxygens (including phenoxy) is 2. The van der Waals surface area contributed by atoms with Gasteiger partial charge in [0.2, 0.25) is 5.88 Å². The molecule has 0 spiro atoms. The molecule has 0 fully saturated rings. The second-order valence-corrected chi connectivity index (χ2v) is 5.58. The minimum atomic E-state index is -0.504. The van der Waals surface area contributed by atoms with Crippen molar-refractivity contribution in [2.75, 3.05) is 14.2 Å². The Morgan fingerprint density at radius 1 is 1.43 bits per heavy atom. The van der Waals surface area contributed by atoms with Crippen molar-refractivity contribution in [2.24, 2.45) is 5.92 Å². The Kier molecular flexibility index (Phi) is 4.62. The summed E-state index contributed by atoms with van der Waals surface area (Å²) >= 11 is 5.35. The molecule has 1 unspecified atom stereocenters. The number of nitrogens with one attached hydrogen (secondary N) is 1. The van der Waals surface area contributed by atoms with Crippen LogP contribution in [0.3, 0.4) is 0 Å². The number of nitrogens with zero attached hydrogens (tertiary/aromatic N) is 2. The van der Waals surface area contributed by atoms with Gasteiger partial charge in [0.15, 0.2) is 10.4 Å². The maximum atomic E-state index is 12.1. The van der Waals surface area contributed by atoms with Gasteiger partial charge in [0.1, 0.15) is 6.04 Å². The maximum absolute atomic E-state index is 12.1. The third-order valence-electron chi connectivity index (χ3n) is 3.23. The van der Waals surface area contributed by atoms with Gasteiger partial charge in [0, 0.05) is 6.07 Å². The molecule has 0 aliphatic carbocycles. The number of methoxy groups -OCH3 is 2. The number of aromatic amines is 1. The van der Waals surface area contributed by atoms with Gasteiger partial charge in [-0.15, -0.1) is 0 Å². The molecule has 0 amide bonds. The van der Waals surface area contributed by atoms with Crippen molar-refractivity contribution >= 4 is 29.4 Å². The molecule has 0 saturated carbocycles. The second-order valence-electron chi connectivity index (χ2n) is 5.19. The molecule has 2 aromatic heterocycles. The van der Waals surface area contributed by atoms with E-state index < -0.39 is 6.04 Å². The summed E-state index contributed by atoms with van der Waals surface area (Å²) in [5.74, 6) is 0.454. The van der Waals surface area contributed by atoms with Crippen molar-refractivity contribution in [3.05, 3.63) is 16.9 Å². The van der Waals surface area contributed by atoms with Crippen molar-refractivity contribution in [1.82, 2.24) is 14.5 Å². The summed E-state index contributed by atoms with van der Waals surface area (Å²) in [5.41, 5.74) is 1.36. The van der Waals surface area contributed by atoms with Crippen LogP contribution in [0.5, 0.6) is 5.88 Å². The SMILES string of the molecule is COC(=O)C(CC(C)C)n1c(=S)[nH]c2ccc(OC)nc21. The minimum absolute atomic E-state index is 0.312. The number of H-pyrrole nitrogens is 1. The van der Waals surface area contributed by atoms with Crippen molar-refractivity contribution in [2.45, 2.75) is 26.3 Å². The molecule has 1 N–H and O–H groups in total. The summed E-state index contributed by atoms with van der Waals surface area (Å²) in [7, 11) is 2.92. The molecule has 2 rings (SSSR count). The Labute approximate surface area is 128 Å². The quantitative estimate of drug-likeness (QED) is 0.679. The smallest absolute Gasteiger partial charge is 0.329 e. The van der Waals surface area contributed by atoms with Crippen LogP contribution in [0.2, 0.25) is 0 Å². The Hall–Kier alpha value is -1.89. The standard InChI is InChI=1S/C14H19N3O3S/c1-8(2)7-10(13(18)20-4)17-12-9(15-14(17)21)5-6-11(16-12)19-3/h5-6,8,10H,7H2,1-4H3,(H,15,21). The topological polar surface area (TPSA) is 69.1 Å². The molecule has 6 nitrogen and oxygen atoms in total. The van der Waals surface area contributed by atoms with Crippen LogP contribution in [0.25, 0.3) is 11.2 Å². The fourth-order valence-corrected chi connectivity index (χ4v) is 2.60. The Balaban J connectivity index is 2.63. The summed E-state index contributed by atoms with van der Waals surface area (Å²) < 4.78 is 12.2. The zero-order valence-electron chi connectivity index (χ0n) is 12.5. The Bertz CT molecular complexity index is 705. The number of imidazole rings is 1. The zero-order valence-corrected chi connectivity index (χ0v) is 13.4. The van der Waals surface area contributed by atoms with E-state index in [4.69, 9.17) is 21.7 Å². The van der Waals surface area contributed by atoms with E-state index in [0.717, 1.165) is 5.52 Å². The molecule has 0 aliphatic rings. The first kappa shape index (κ1) is 15.5. The van der Waals surface area contributed by atoms with Gasteiger partial charge in [-0.3, -0.25) is 4.57 Å².